The van der Waals surface area contributed by atoms with Crippen LogP contribution < -0.4 is 16.0 Å². The van der Waals surface area contributed by atoms with Crippen LogP contribution >= 0.6 is 0 Å². The predicted molar refractivity (Wildman–Crippen MR) is 120 cm³/mol. The molecule has 8 nitrogen and oxygen atoms in total. The Labute approximate surface area is 179 Å². The van der Waals surface area contributed by atoms with Crippen molar-refractivity contribution in [1.82, 2.24) is 19.4 Å². The molecule has 1 aliphatic heterocycles. The molecule has 3 N–H and O–H groups in total. The van der Waals surface area contributed by atoms with E-state index in [1.165, 1.54) is 5.56 Å². The quantitative estimate of drug-likeness (QED) is 0.522. The van der Waals surface area contributed by atoms with Crippen molar-refractivity contribution in [2.24, 2.45) is 5.73 Å². The average molecular weight is 413 g/mol. The number of imidazole rings is 1. The molecular weight excluding hydrogens is 390 g/mol. The maximum absolute atomic E-state index is 11.8. The summed E-state index contributed by atoms with van der Waals surface area (Å²) in [5.74, 6) is 1.75. The van der Waals surface area contributed by atoms with Crippen LogP contribution in [0.2, 0.25) is 0 Å². The summed E-state index contributed by atoms with van der Waals surface area (Å²) in [7, 11) is 2.05. The second-order valence-corrected chi connectivity index (χ2v) is 7.69. The molecule has 0 fully saturated rings. The Morgan fingerprint density at radius 1 is 1.13 bits per heavy atom. The topological polar surface area (TPSA) is 101 Å². The van der Waals surface area contributed by atoms with Gasteiger partial charge >= 0.3 is 0 Å². The van der Waals surface area contributed by atoms with Gasteiger partial charge in [0.05, 0.1) is 5.52 Å². The molecule has 4 heterocycles. The summed E-state index contributed by atoms with van der Waals surface area (Å²) in [4.78, 5) is 28.2. The molecule has 0 saturated carbocycles. The lowest BCUT2D eigenvalue weighted by Gasteiger charge is -2.28. The monoisotopic (exact) mass is 413 g/mol. The van der Waals surface area contributed by atoms with Gasteiger partial charge in [-0.2, -0.15) is 0 Å². The first-order chi connectivity index (χ1) is 15.1. The molecule has 0 atom stereocenters. The molecule has 1 aromatic carbocycles. The van der Waals surface area contributed by atoms with E-state index >= 15 is 0 Å². The number of fused-ring (bicyclic) bond motifs is 2. The maximum Gasteiger partial charge on any atom is 0.265 e. The summed E-state index contributed by atoms with van der Waals surface area (Å²) in [5, 5.41) is 3.50. The van der Waals surface area contributed by atoms with Crippen molar-refractivity contribution < 1.29 is 4.79 Å². The van der Waals surface area contributed by atoms with E-state index in [2.05, 4.69) is 27.3 Å². The average Bonchev–Trinajstić information content (AvgIpc) is 3.22. The Balaban J connectivity index is 1.61. The Kier molecular flexibility index (Phi) is 4.74. The number of benzene rings is 1. The van der Waals surface area contributed by atoms with Crippen LogP contribution in [0.3, 0.4) is 0 Å². The second kappa shape index (κ2) is 7.71. The summed E-state index contributed by atoms with van der Waals surface area (Å²) in [5.41, 5.74) is 9.55. The van der Waals surface area contributed by atoms with Gasteiger partial charge in [0.1, 0.15) is 29.4 Å². The van der Waals surface area contributed by atoms with Crippen molar-refractivity contribution in [2.75, 3.05) is 23.8 Å². The van der Waals surface area contributed by atoms with E-state index in [1.807, 2.05) is 31.3 Å². The first-order valence-corrected chi connectivity index (χ1v) is 10.3. The first kappa shape index (κ1) is 19.0. The minimum absolute atomic E-state index is 0.369. The second-order valence-electron chi connectivity index (χ2n) is 7.69. The highest BCUT2D eigenvalue weighted by Crippen LogP contribution is 2.33. The fourth-order valence-electron chi connectivity index (χ4n) is 4.04. The number of carbonyl (C=O) groups excluding carboxylic acids is 1. The molecule has 0 saturated heterocycles. The minimum atomic E-state index is -0.508. The maximum atomic E-state index is 11.8. The molecule has 3 aromatic heterocycles. The molecule has 4 aromatic rings. The molecule has 0 aliphatic carbocycles. The molecule has 5 rings (SSSR count). The van der Waals surface area contributed by atoms with Gasteiger partial charge in [0.25, 0.3) is 5.91 Å². The molecule has 156 valence electrons. The van der Waals surface area contributed by atoms with Gasteiger partial charge < -0.3 is 16.0 Å². The van der Waals surface area contributed by atoms with E-state index in [9.17, 15) is 4.79 Å². The zero-order valence-electron chi connectivity index (χ0n) is 17.2. The number of nitrogens with two attached hydrogens (primary N) is 1. The highest BCUT2D eigenvalue weighted by Gasteiger charge is 2.23. The number of hydrogen-bond donors (Lipinski definition) is 2. The summed E-state index contributed by atoms with van der Waals surface area (Å²) in [6.07, 6.45) is 3.57. The Bertz CT molecular complexity index is 1270. The van der Waals surface area contributed by atoms with Crippen LogP contribution in [0, 0.1) is 0 Å². The van der Waals surface area contributed by atoms with Gasteiger partial charge in [-0.05, 0) is 30.5 Å². The number of hydrogen-bond acceptors (Lipinski definition) is 6. The van der Waals surface area contributed by atoms with Crippen LogP contribution in [0.5, 0.6) is 0 Å². The SMILES string of the molecule is CN1CCCc2c(NCc3ccccc3)nc(-c3ncn4c(C(N)=O)cccc34)nc21. The molecule has 31 heavy (non-hydrogen) atoms. The lowest BCUT2D eigenvalue weighted by Crippen LogP contribution is -2.27. The third-order valence-electron chi connectivity index (χ3n) is 5.61. The number of nitrogens with zero attached hydrogens (tertiary/aromatic N) is 5. The van der Waals surface area contributed by atoms with Crippen LogP contribution in [0.15, 0.2) is 54.9 Å². The van der Waals surface area contributed by atoms with Crippen molar-refractivity contribution in [1.29, 1.82) is 0 Å². The first-order valence-electron chi connectivity index (χ1n) is 10.3. The fraction of sp³-hybridized carbons (Fsp3) is 0.217. The van der Waals surface area contributed by atoms with E-state index in [-0.39, 0.29) is 0 Å². The zero-order valence-corrected chi connectivity index (χ0v) is 17.2. The number of primary amides is 1. The zero-order chi connectivity index (χ0) is 21.4. The van der Waals surface area contributed by atoms with E-state index in [0.29, 0.717) is 23.8 Å². The van der Waals surface area contributed by atoms with Gasteiger partial charge in [-0.1, -0.05) is 36.4 Å². The molecule has 8 heteroatoms. The van der Waals surface area contributed by atoms with Crippen LogP contribution in [0.4, 0.5) is 11.6 Å². The summed E-state index contributed by atoms with van der Waals surface area (Å²) in [6.45, 7) is 1.61. The highest BCUT2D eigenvalue weighted by molar-refractivity contribution is 5.93. The van der Waals surface area contributed by atoms with E-state index in [4.69, 9.17) is 15.7 Å². The summed E-state index contributed by atoms with van der Waals surface area (Å²) < 4.78 is 1.68. The Morgan fingerprint density at radius 3 is 2.77 bits per heavy atom. The molecular formula is C23H23N7O. The molecule has 0 unspecified atom stereocenters. The molecule has 1 aliphatic rings. The lowest BCUT2D eigenvalue weighted by atomic mass is 10.1. The number of aromatic nitrogens is 4. The summed E-state index contributed by atoms with van der Waals surface area (Å²) in [6, 6.07) is 15.6. The number of carbonyl (C=O) groups is 1. The third-order valence-corrected chi connectivity index (χ3v) is 5.61. The Morgan fingerprint density at radius 2 is 1.97 bits per heavy atom. The van der Waals surface area contributed by atoms with E-state index < -0.39 is 5.91 Å². The van der Waals surface area contributed by atoms with Gasteiger partial charge in [-0.25, -0.2) is 15.0 Å². The van der Waals surface area contributed by atoms with Gasteiger partial charge in [-0.15, -0.1) is 0 Å². The van der Waals surface area contributed by atoms with E-state index in [0.717, 1.165) is 42.1 Å². The van der Waals surface area contributed by atoms with Crippen LogP contribution in [0.25, 0.3) is 17.0 Å². The van der Waals surface area contributed by atoms with Gasteiger partial charge in [0.15, 0.2) is 5.82 Å². The van der Waals surface area contributed by atoms with Gasteiger partial charge in [0.2, 0.25) is 0 Å². The minimum Gasteiger partial charge on any atom is -0.366 e. The summed E-state index contributed by atoms with van der Waals surface area (Å²) >= 11 is 0. The molecule has 0 spiro atoms. The van der Waals surface area contributed by atoms with Crippen LogP contribution in [0.1, 0.15) is 28.0 Å². The van der Waals surface area contributed by atoms with Gasteiger partial charge in [-0.3, -0.25) is 9.20 Å². The molecule has 0 radical (unpaired) electrons. The fourth-order valence-corrected chi connectivity index (χ4v) is 4.04. The molecule has 1 amide bonds. The molecule has 0 bridgehead atoms. The Hall–Kier alpha value is -3.94. The van der Waals surface area contributed by atoms with Crippen molar-refractivity contribution >= 4 is 23.1 Å². The van der Waals surface area contributed by atoms with Crippen LogP contribution in [-0.4, -0.2) is 38.9 Å². The van der Waals surface area contributed by atoms with Gasteiger partial charge in [0, 0.05) is 25.7 Å². The van der Waals surface area contributed by atoms with Crippen LogP contribution in [-0.2, 0) is 13.0 Å². The van der Waals surface area contributed by atoms with Crippen molar-refractivity contribution in [3.05, 3.63) is 71.7 Å². The third kappa shape index (κ3) is 3.46. The lowest BCUT2D eigenvalue weighted by molar-refractivity contribution is 0.0994. The standard InChI is InChI=1S/C23H23N7O/c1-29-12-6-9-16-21(25-13-15-7-3-2-4-8-15)27-22(28-23(16)29)19-17-10-5-11-18(20(24)31)30(17)14-26-19/h2-5,7-8,10-11,14H,6,9,12-13H2,1H3,(H2,24,31)(H,25,27,28). The predicted octanol–water partition coefficient (Wildman–Crippen LogP) is 2.88. The number of rotatable bonds is 5. The van der Waals surface area contributed by atoms with Crippen molar-refractivity contribution in [2.45, 2.75) is 19.4 Å². The van der Waals surface area contributed by atoms with Crippen molar-refractivity contribution in [3.63, 3.8) is 0 Å². The number of nitrogens with one attached hydrogen (secondary N) is 1. The smallest absolute Gasteiger partial charge is 0.265 e. The number of anilines is 2. The number of pyridine rings is 1. The largest absolute Gasteiger partial charge is 0.366 e. The number of amides is 1. The normalized spacial score (nSPS) is 13.3. The highest BCUT2D eigenvalue weighted by atomic mass is 16.1. The van der Waals surface area contributed by atoms with E-state index in [1.54, 1.807) is 22.9 Å². The van der Waals surface area contributed by atoms with Crippen molar-refractivity contribution in [3.8, 4) is 11.5 Å².